The molecule has 2 heterocycles. The van der Waals surface area contributed by atoms with E-state index in [1.165, 1.54) is 0 Å². The fourth-order valence-corrected chi connectivity index (χ4v) is 1.74. The maximum atomic E-state index is 9.90. The van der Waals surface area contributed by atoms with Crippen molar-refractivity contribution >= 4 is 0 Å². The minimum Gasteiger partial charge on any atom is -0.385 e. The predicted molar refractivity (Wildman–Crippen MR) is 50.2 cm³/mol. The Hall–Kier alpha value is -0.930. The van der Waals surface area contributed by atoms with Crippen molar-refractivity contribution in [1.29, 1.82) is 0 Å². The molecule has 0 aromatic carbocycles. The van der Waals surface area contributed by atoms with E-state index in [0.717, 1.165) is 25.1 Å². The Morgan fingerprint density at radius 1 is 1.54 bits per heavy atom. The molecule has 0 radical (unpaired) electrons. The maximum Gasteiger partial charge on any atom is 0.111 e. The number of nitrogens with one attached hydrogen (secondary N) is 1. The third kappa shape index (κ3) is 1.87. The van der Waals surface area contributed by atoms with E-state index in [1.54, 1.807) is 6.20 Å². The highest BCUT2D eigenvalue weighted by Gasteiger charge is 2.24. The lowest BCUT2D eigenvalue weighted by molar-refractivity contribution is 0.133. The maximum absolute atomic E-state index is 9.90. The zero-order chi connectivity index (χ0) is 9.10. The third-order valence-electron chi connectivity index (χ3n) is 2.47. The number of hydrogen-bond donors (Lipinski definition) is 2. The molecule has 2 unspecified atom stereocenters. The van der Waals surface area contributed by atoms with Gasteiger partial charge in [-0.15, -0.1) is 0 Å². The van der Waals surface area contributed by atoms with Crippen molar-refractivity contribution in [2.75, 3.05) is 6.54 Å². The fraction of sp³-hybridized carbons (Fsp3) is 0.500. The molecule has 1 saturated heterocycles. The molecule has 0 amide bonds. The van der Waals surface area contributed by atoms with Gasteiger partial charge in [0.05, 0.1) is 5.69 Å². The number of pyridine rings is 1. The van der Waals surface area contributed by atoms with Gasteiger partial charge in [0.2, 0.25) is 0 Å². The summed E-state index contributed by atoms with van der Waals surface area (Å²) in [5.74, 6) is 0. The topological polar surface area (TPSA) is 45.2 Å². The van der Waals surface area contributed by atoms with Crippen LogP contribution in [0.1, 0.15) is 24.6 Å². The number of hydrogen-bond acceptors (Lipinski definition) is 3. The van der Waals surface area contributed by atoms with E-state index in [-0.39, 0.29) is 6.04 Å². The van der Waals surface area contributed by atoms with Crippen molar-refractivity contribution in [2.45, 2.75) is 25.0 Å². The smallest absolute Gasteiger partial charge is 0.111 e. The lowest BCUT2D eigenvalue weighted by Gasteiger charge is -2.17. The summed E-state index contributed by atoms with van der Waals surface area (Å²) in [6, 6.07) is 5.82. The van der Waals surface area contributed by atoms with Crippen LogP contribution < -0.4 is 5.32 Å². The van der Waals surface area contributed by atoms with Crippen LogP contribution in [0.5, 0.6) is 0 Å². The molecule has 1 aliphatic rings. The standard InChI is InChI=1S/C10H14N2O/c13-10(9-5-3-7-12-9)8-4-1-2-6-11-8/h1-2,4,6,9-10,12-13H,3,5,7H2. The van der Waals surface area contributed by atoms with Gasteiger partial charge in [0.25, 0.3) is 0 Å². The van der Waals surface area contributed by atoms with Gasteiger partial charge in [-0.25, -0.2) is 0 Å². The summed E-state index contributed by atoms with van der Waals surface area (Å²) in [5, 5.41) is 13.2. The quantitative estimate of drug-likeness (QED) is 0.706. The number of aromatic nitrogens is 1. The molecule has 0 aliphatic carbocycles. The van der Waals surface area contributed by atoms with Crippen LogP contribution in [0.4, 0.5) is 0 Å². The largest absolute Gasteiger partial charge is 0.385 e. The Labute approximate surface area is 77.8 Å². The van der Waals surface area contributed by atoms with Crippen LogP contribution in [0.15, 0.2) is 24.4 Å². The molecule has 0 saturated carbocycles. The highest BCUT2D eigenvalue weighted by molar-refractivity contribution is 5.09. The number of rotatable bonds is 2. The second kappa shape index (κ2) is 3.85. The van der Waals surface area contributed by atoms with Crippen molar-refractivity contribution in [1.82, 2.24) is 10.3 Å². The van der Waals surface area contributed by atoms with Gasteiger partial charge < -0.3 is 10.4 Å². The molecule has 1 aromatic heterocycles. The van der Waals surface area contributed by atoms with Crippen molar-refractivity contribution in [2.24, 2.45) is 0 Å². The molecule has 1 aliphatic heterocycles. The van der Waals surface area contributed by atoms with Crippen LogP contribution in [0.3, 0.4) is 0 Å². The molecule has 0 spiro atoms. The Kier molecular flexibility index (Phi) is 2.57. The lowest BCUT2D eigenvalue weighted by atomic mass is 10.1. The molecule has 2 atom stereocenters. The van der Waals surface area contributed by atoms with Crippen molar-refractivity contribution in [3.8, 4) is 0 Å². The van der Waals surface area contributed by atoms with E-state index >= 15 is 0 Å². The first-order chi connectivity index (χ1) is 6.38. The average Bonchev–Trinajstić information content (AvgIpc) is 2.71. The highest BCUT2D eigenvalue weighted by atomic mass is 16.3. The van der Waals surface area contributed by atoms with E-state index in [4.69, 9.17) is 0 Å². The zero-order valence-electron chi connectivity index (χ0n) is 7.48. The number of nitrogens with zero attached hydrogens (tertiary/aromatic N) is 1. The molecular formula is C10H14N2O. The molecule has 1 aromatic rings. The van der Waals surface area contributed by atoms with Gasteiger partial charge >= 0.3 is 0 Å². The van der Waals surface area contributed by atoms with Crippen LogP contribution in [-0.2, 0) is 0 Å². The van der Waals surface area contributed by atoms with Crippen molar-refractivity contribution in [3.63, 3.8) is 0 Å². The second-order valence-corrected chi connectivity index (χ2v) is 3.40. The first kappa shape index (κ1) is 8.66. The van der Waals surface area contributed by atoms with Crippen molar-refractivity contribution < 1.29 is 5.11 Å². The molecule has 2 rings (SSSR count). The molecule has 13 heavy (non-hydrogen) atoms. The van der Waals surface area contributed by atoms with E-state index in [9.17, 15) is 5.11 Å². The minimum atomic E-state index is -0.455. The highest BCUT2D eigenvalue weighted by Crippen LogP contribution is 2.20. The zero-order valence-corrected chi connectivity index (χ0v) is 7.48. The average molecular weight is 178 g/mol. The van der Waals surface area contributed by atoms with Crippen LogP contribution in [0, 0.1) is 0 Å². The normalized spacial score (nSPS) is 24.5. The van der Waals surface area contributed by atoms with Gasteiger partial charge in [-0.3, -0.25) is 4.98 Å². The summed E-state index contributed by atoms with van der Waals surface area (Å²) in [7, 11) is 0. The van der Waals surface area contributed by atoms with E-state index in [1.807, 2.05) is 18.2 Å². The lowest BCUT2D eigenvalue weighted by Crippen LogP contribution is -2.29. The summed E-state index contributed by atoms with van der Waals surface area (Å²) in [6.45, 7) is 1.01. The molecule has 1 fully saturated rings. The minimum absolute atomic E-state index is 0.190. The van der Waals surface area contributed by atoms with E-state index in [0.29, 0.717) is 0 Å². The van der Waals surface area contributed by atoms with Crippen molar-refractivity contribution in [3.05, 3.63) is 30.1 Å². The third-order valence-corrected chi connectivity index (χ3v) is 2.47. The van der Waals surface area contributed by atoms with Gasteiger partial charge in [-0.1, -0.05) is 6.07 Å². The molecule has 70 valence electrons. The molecule has 2 N–H and O–H groups in total. The SMILES string of the molecule is OC(c1ccccn1)C1CCCN1. The fourth-order valence-electron chi connectivity index (χ4n) is 1.74. The van der Waals surface area contributed by atoms with Gasteiger partial charge in [-0.2, -0.15) is 0 Å². The number of aliphatic hydroxyl groups is 1. The molecule has 0 bridgehead atoms. The van der Waals surface area contributed by atoms with Gasteiger partial charge in [-0.05, 0) is 31.5 Å². The van der Waals surface area contributed by atoms with Crippen LogP contribution in [0.25, 0.3) is 0 Å². The summed E-state index contributed by atoms with van der Waals surface area (Å²) in [6.07, 6.45) is 3.45. The van der Waals surface area contributed by atoms with Gasteiger partial charge in [0.1, 0.15) is 6.10 Å². The van der Waals surface area contributed by atoms with E-state index < -0.39 is 6.10 Å². The Balaban J connectivity index is 2.08. The number of aliphatic hydroxyl groups excluding tert-OH is 1. The first-order valence-electron chi connectivity index (χ1n) is 4.70. The molecule has 3 heteroatoms. The van der Waals surface area contributed by atoms with Gasteiger partial charge in [0, 0.05) is 12.2 Å². The summed E-state index contributed by atoms with van der Waals surface area (Å²) >= 11 is 0. The second-order valence-electron chi connectivity index (χ2n) is 3.40. The first-order valence-corrected chi connectivity index (χ1v) is 4.70. The molecule has 3 nitrogen and oxygen atoms in total. The summed E-state index contributed by atoms with van der Waals surface area (Å²) in [4.78, 5) is 4.13. The summed E-state index contributed by atoms with van der Waals surface area (Å²) in [5.41, 5.74) is 0.766. The summed E-state index contributed by atoms with van der Waals surface area (Å²) < 4.78 is 0. The van der Waals surface area contributed by atoms with Crippen LogP contribution >= 0.6 is 0 Å². The Bertz CT molecular complexity index is 257. The van der Waals surface area contributed by atoms with Gasteiger partial charge in [0.15, 0.2) is 0 Å². The van der Waals surface area contributed by atoms with Crippen LogP contribution in [0.2, 0.25) is 0 Å². The van der Waals surface area contributed by atoms with Crippen LogP contribution in [-0.4, -0.2) is 22.7 Å². The monoisotopic (exact) mass is 178 g/mol. The predicted octanol–water partition coefficient (Wildman–Crippen LogP) is 0.867. The Morgan fingerprint density at radius 3 is 3.08 bits per heavy atom. The Morgan fingerprint density at radius 2 is 2.46 bits per heavy atom. The van der Waals surface area contributed by atoms with E-state index in [2.05, 4.69) is 10.3 Å². The molecular weight excluding hydrogens is 164 g/mol.